The van der Waals surface area contributed by atoms with Gasteiger partial charge in [0.25, 0.3) is 10.0 Å². The Hall–Kier alpha value is -2.94. The van der Waals surface area contributed by atoms with Crippen LogP contribution in [0.3, 0.4) is 0 Å². The number of anilines is 1. The first kappa shape index (κ1) is 24.2. The maximum absolute atomic E-state index is 12.4. The van der Waals surface area contributed by atoms with Crippen LogP contribution in [0.4, 0.5) is 5.82 Å². The molecule has 0 unspecified atom stereocenters. The van der Waals surface area contributed by atoms with Gasteiger partial charge in [0.1, 0.15) is 5.84 Å². The van der Waals surface area contributed by atoms with Crippen LogP contribution in [-0.4, -0.2) is 38.3 Å². The SMILES string of the molecule is O=C(CCCCCN=C1NS(=O)(=O)c2ccccc21)Nc1ncccc1OCC1CCCCC1. The third-order valence-electron chi connectivity index (χ3n) is 6.22. The van der Waals surface area contributed by atoms with Crippen LogP contribution in [0, 0.1) is 5.92 Å². The number of hydrogen-bond donors (Lipinski definition) is 2. The fourth-order valence-electron chi connectivity index (χ4n) is 4.37. The fourth-order valence-corrected chi connectivity index (χ4v) is 5.62. The Morgan fingerprint density at radius 1 is 1.09 bits per heavy atom. The van der Waals surface area contributed by atoms with E-state index in [0.717, 1.165) is 12.8 Å². The van der Waals surface area contributed by atoms with Gasteiger partial charge in [0.15, 0.2) is 11.6 Å². The summed E-state index contributed by atoms with van der Waals surface area (Å²) in [7, 11) is -3.51. The molecule has 2 N–H and O–H groups in total. The second-order valence-electron chi connectivity index (χ2n) is 8.86. The molecule has 0 atom stereocenters. The predicted octanol–water partition coefficient (Wildman–Crippen LogP) is 4.28. The number of rotatable bonds is 10. The minimum Gasteiger partial charge on any atom is -0.489 e. The number of aliphatic imine (C=N–C) groups is 1. The van der Waals surface area contributed by atoms with Gasteiger partial charge in [-0.1, -0.05) is 37.8 Å². The molecule has 8 nitrogen and oxygen atoms in total. The minimum atomic E-state index is -3.51. The topological polar surface area (TPSA) is 110 Å². The molecule has 0 bridgehead atoms. The van der Waals surface area contributed by atoms with Crippen LogP contribution in [0.1, 0.15) is 63.4 Å². The Bertz CT molecular complexity index is 1130. The molecule has 4 rings (SSSR count). The lowest BCUT2D eigenvalue weighted by Crippen LogP contribution is -2.22. The van der Waals surface area contributed by atoms with Crippen molar-refractivity contribution in [1.82, 2.24) is 9.71 Å². The summed E-state index contributed by atoms with van der Waals surface area (Å²) < 4.78 is 32.7. The summed E-state index contributed by atoms with van der Waals surface area (Å²) in [6, 6.07) is 10.5. The monoisotopic (exact) mass is 484 g/mol. The Balaban J connectivity index is 1.18. The van der Waals surface area contributed by atoms with E-state index in [2.05, 4.69) is 20.0 Å². The molecular formula is C25H32N4O4S. The number of sulfonamides is 1. The lowest BCUT2D eigenvalue weighted by Gasteiger charge is -2.22. The van der Waals surface area contributed by atoms with Crippen molar-refractivity contribution in [2.24, 2.45) is 10.9 Å². The smallest absolute Gasteiger partial charge is 0.263 e. The van der Waals surface area contributed by atoms with Crippen molar-refractivity contribution < 1.29 is 17.9 Å². The van der Waals surface area contributed by atoms with Crippen molar-refractivity contribution in [3.8, 4) is 5.75 Å². The zero-order valence-corrected chi connectivity index (χ0v) is 20.1. The standard InChI is InChI=1S/C25H32N4O4S/c30-23(28-25-21(13-9-17-27-25)33-18-19-10-3-1-4-11-19)15-5-2-8-16-26-24-20-12-6-7-14-22(20)34(31,32)29-24/h6-7,9,12-14,17,19H,1-5,8,10-11,15-16,18H2,(H,26,29)(H,27,28,30). The Labute approximate surface area is 201 Å². The molecular weight excluding hydrogens is 452 g/mol. The van der Waals surface area contributed by atoms with Gasteiger partial charge in [-0.05, 0) is 55.9 Å². The largest absolute Gasteiger partial charge is 0.489 e. The molecule has 2 heterocycles. The summed E-state index contributed by atoms with van der Waals surface area (Å²) in [5, 5.41) is 2.87. The van der Waals surface area contributed by atoms with Crippen molar-refractivity contribution in [3.05, 3.63) is 48.2 Å². The number of fused-ring (bicyclic) bond motifs is 1. The zero-order valence-electron chi connectivity index (χ0n) is 19.3. The molecule has 1 aliphatic heterocycles. The van der Waals surface area contributed by atoms with Crippen LogP contribution >= 0.6 is 0 Å². The molecule has 1 aromatic heterocycles. The lowest BCUT2D eigenvalue weighted by molar-refractivity contribution is -0.116. The molecule has 1 fully saturated rings. The molecule has 182 valence electrons. The summed E-state index contributed by atoms with van der Waals surface area (Å²) in [6.45, 7) is 1.16. The van der Waals surface area contributed by atoms with E-state index >= 15 is 0 Å². The third-order valence-corrected chi connectivity index (χ3v) is 7.62. The number of aromatic nitrogens is 1. The highest BCUT2D eigenvalue weighted by molar-refractivity contribution is 7.90. The van der Waals surface area contributed by atoms with E-state index < -0.39 is 10.0 Å². The molecule has 34 heavy (non-hydrogen) atoms. The zero-order chi connectivity index (χ0) is 23.8. The van der Waals surface area contributed by atoms with E-state index in [1.54, 1.807) is 30.5 Å². The molecule has 1 saturated carbocycles. The van der Waals surface area contributed by atoms with Crippen molar-refractivity contribution in [1.29, 1.82) is 0 Å². The van der Waals surface area contributed by atoms with Gasteiger partial charge in [0, 0.05) is 24.7 Å². The molecule has 1 aromatic carbocycles. The lowest BCUT2D eigenvalue weighted by atomic mass is 9.90. The van der Waals surface area contributed by atoms with Crippen LogP contribution in [0.2, 0.25) is 0 Å². The van der Waals surface area contributed by atoms with Gasteiger partial charge in [-0.15, -0.1) is 0 Å². The van der Waals surface area contributed by atoms with E-state index in [1.807, 2.05) is 12.1 Å². The number of carbonyl (C=O) groups excluding carboxylic acids is 1. The van der Waals surface area contributed by atoms with Gasteiger partial charge in [-0.2, -0.15) is 0 Å². The Morgan fingerprint density at radius 2 is 1.91 bits per heavy atom. The first-order chi connectivity index (χ1) is 16.5. The van der Waals surface area contributed by atoms with E-state index in [0.29, 0.717) is 54.9 Å². The van der Waals surface area contributed by atoms with E-state index in [9.17, 15) is 13.2 Å². The Morgan fingerprint density at radius 3 is 2.76 bits per heavy atom. The normalized spacial score (nSPS) is 18.3. The Kier molecular flexibility index (Phi) is 8.16. The molecule has 0 radical (unpaired) electrons. The number of carbonyl (C=O) groups is 1. The maximum Gasteiger partial charge on any atom is 0.263 e. The third kappa shape index (κ3) is 6.34. The summed E-state index contributed by atoms with van der Waals surface area (Å²) in [5.41, 5.74) is 0.610. The summed E-state index contributed by atoms with van der Waals surface area (Å²) >= 11 is 0. The van der Waals surface area contributed by atoms with Crippen LogP contribution < -0.4 is 14.8 Å². The van der Waals surface area contributed by atoms with Gasteiger partial charge in [0.05, 0.1) is 11.5 Å². The molecule has 2 aromatic rings. The van der Waals surface area contributed by atoms with Crippen molar-refractivity contribution in [3.63, 3.8) is 0 Å². The number of hydrogen-bond acceptors (Lipinski definition) is 6. The average Bonchev–Trinajstić information content (AvgIpc) is 3.11. The number of benzene rings is 1. The number of ether oxygens (including phenoxy) is 1. The summed E-state index contributed by atoms with van der Waals surface area (Å²) in [5.74, 6) is 1.97. The summed E-state index contributed by atoms with van der Waals surface area (Å²) in [6.07, 6.45) is 10.6. The van der Waals surface area contributed by atoms with E-state index in [1.165, 1.54) is 32.1 Å². The highest BCUT2D eigenvalue weighted by Gasteiger charge is 2.29. The first-order valence-corrected chi connectivity index (χ1v) is 13.6. The molecule has 0 saturated heterocycles. The number of unbranched alkanes of at least 4 members (excludes halogenated alkanes) is 2. The van der Waals surface area contributed by atoms with Gasteiger partial charge < -0.3 is 10.1 Å². The maximum atomic E-state index is 12.4. The van der Waals surface area contributed by atoms with Gasteiger partial charge in [0.2, 0.25) is 5.91 Å². The second kappa shape index (κ2) is 11.5. The number of pyridine rings is 1. The number of nitrogens with zero attached hydrogens (tertiary/aromatic N) is 2. The van der Waals surface area contributed by atoms with Crippen molar-refractivity contribution >= 4 is 27.6 Å². The predicted molar refractivity (Wildman–Crippen MR) is 132 cm³/mol. The van der Waals surface area contributed by atoms with Gasteiger partial charge >= 0.3 is 0 Å². The number of amidine groups is 1. The van der Waals surface area contributed by atoms with Crippen LogP contribution in [0.15, 0.2) is 52.5 Å². The second-order valence-corrected chi connectivity index (χ2v) is 10.5. The fraction of sp³-hybridized carbons (Fsp3) is 0.480. The van der Waals surface area contributed by atoms with Gasteiger partial charge in [-0.25, -0.2) is 13.4 Å². The molecule has 0 spiro atoms. The number of amides is 1. The van der Waals surface area contributed by atoms with Crippen LogP contribution in [0.5, 0.6) is 5.75 Å². The van der Waals surface area contributed by atoms with E-state index in [-0.39, 0.29) is 10.8 Å². The highest BCUT2D eigenvalue weighted by atomic mass is 32.2. The summed E-state index contributed by atoms with van der Waals surface area (Å²) in [4.78, 5) is 21.4. The number of nitrogens with one attached hydrogen (secondary N) is 2. The van der Waals surface area contributed by atoms with Gasteiger partial charge in [-0.3, -0.25) is 14.5 Å². The van der Waals surface area contributed by atoms with Crippen LogP contribution in [0.25, 0.3) is 0 Å². The first-order valence-electron chi connectivity index (χ1n) is 12.1. The molecule has 9 heteroatoms. The average molecular weight is 485 g/mol. The van der Waals surface area contributed by atoms with Crippen molar-refractivity contribution in [2.75, 3.05) is 18.5 Å². The highest BCUT2D eigenvalue weighted by Crippen LogP contribution is 2.27. The minimum absolute atomic E-state index is 0.0926. The quantitative estimate of drug-likeness (QED) is 0.489. The van der Waals surface area contributed by atoms with Crippen LogP contribution in [-0.2, 0) is 14.8 Å². The molecule has 1 aliphatic carbocycles. The van der Waals surface area contributed by atoms with E-state index in [4.69, 9.17) is 4.74 Å². The molecule has 2 aliphatic rings. The van der Waals surface area contributed by atoms with Crippen molar-refractivity contribution in [2.45, 2.75) is 62.7 Å². The molecule has 1 amide bonds.